The van der Waals surface area contributed by atoms with Gasteiger partial charge >= 0.3 is 0 Å². The summed E-state index contributed by atoms with van der Waals surface area (Å²) in [4.78, 5) is 0.879. The van der Waals surface area contributed by atoms with Crippen molar-refractivity contribution in [1.82, 2.24) is 10.2 Å². The van der Waals surface area contributed by atoms with Gasteiger partial charge in [0.05, 0.1) is 10.9 Å². The minimum absolute atomic E-state index is 0.248. The predicted molar refractivity (Wildman–Crippen MR) is 55.5 cm³/mol. The Morgan fingerprint density at radius 2 is 2.31 bits per heavy atom. The second-order valence-electron chi connectivity index (χ2n) is 2.54. The summed E-state index contributed by atoms with van der Waals surface area (Å²) < 4.78 is 14.0. The van der Waals surface area contributed by atoms with Crippen molar-refractivity contribution in [2.75, 3.05) is 6.26 Å². The van der Waals surface area contributed by atoms with E-state index in [1.165, 1.54) is 17.8 Å². The number of nitrogens with zero attached hydrogens (tertiary/aromatic N) is 1. The van der Waals surface area contributed by atoms with E-state index in [-0.39, 0.29) is 5.82 Å². The lowest BCUT2D eigenvalue weighted by atomic mass is 10.2. The van der Waals surface area contributed by atoms with Crippen LogP contribution in [-0.4, -0.2) is 16.5 Å². The second-order valence-corrected chi connectivity index (χ2v) is 4.21. The minimum atomic E-state index is -0.248. The van der Waals surface area contributed by atoms with Crippen molar-refractivity contribution in [3.63, 3.8) is 0 Å². The van der Waals surface area contributed by atoms with Gasteiger partial charge in [0.25, 0.3) is 0 Å². The van der Waals surface area contributed by atoms with Crippen LogP contribution in [0.1, 0.15) is 0 Å². The first-order chi connectivity index (χ1) is 6.22. The number of hydrogen-bond acceptors (Lipinski definition) is 2. The minimum Gasteiger partial charge on any atom is -0.270 e. The lowest BCUT2D eigenvalue weighted by molar-refractivity contribution is 0.636. The van der Waals surface area contributed by atoms with Gasteiger partial charge in [-0.2, -0.15) is 5.10 Å². The third kappa shape index (κ3) is 1.46. The van der Waals surface area contributed by atoms with Crippen LogP contribution in [0, 0.1) is 5.82 Å². The van der Waals surface area contributed by atoms with Gasteiger partial charge in [-0.05, 0) is 34.3 Å². The van der Waals surface area contributed by atoms with Crippen LogP contribution in [0.25, 0.3) is 10.9 Å². The van der Waals surface area contributed by atoms with Gasteiger partial charge in [0.2, 0.25) is 0 Å². The quantitative estimate of drug-likeness (QED) is 0.798. The Balaban J connectivity index is 2.79. The number of nitrogens with one attached hydrogen (secondary N) is 1. The molecule has 1 heterocycles. The first kappa shape index (κ1) is 9.02. The normalized spacial score (nSPS) is 11.0. The molecule has 0 aliphatic heterocycles. The number of aromatic amines is 1. The maximum atomic E-state index is 13.4. The first-order valence-corrected chi connectivity index (χ1v) is 5.61. The standard InChI is InChI=1S/C8H6BrFN2S/c1-13-4-2-5(10)7-6(3-4)11-12-8(7)9/h2-3H,1H3,(H,11,12). The van der Waals surface area contributed by atoms with Crippen molar-refractivity contribution in [1.29, 1.82) is 0 Å². The molecule has 0 unspecified atom stereocenters. The summed E-state index contributed by atoms with van der Waals surface area (Å²) in [6, 6.07) is 3.36. The van der Waals surface area contributed by atoms with Crippen molar-refractivity contribution >= 4 is 38.6 Å². The maximum Gasteiger partial charge on any atom is 0.136 e. The summed E-state index contributed by atoms with van der Waals surface area (Å²) in [6.07, 6.45) is 1.91. The van der Waals surface area contributed by atoms with E-state index >= 15 is 0 Å². The lowest BCUT2D eigenvalue weighted by Gasteiger charge is -1.96. The maximum absolute atomic E-state index is 13.4. The molecule has 0 atom stereocenters. The van der Waals surface area contributed by atoms with E-state index in [1.807, 2.05) is 12.3 Å². The topological polar surface area (TPSA) is 28.7 Å². The smallest absolute Gasteiger partial charge is 0.136 e. The van der Waals surface area contributed by atoms with Crippen molar-refractivity contribution in [2.24, 2.45) is 0 Å². The van der Waals surface area contributed by atoms with E-state index in [2.05, 4.69) is 26.1 Å². The Kier molecular flexibility index (Phi) is 2.29. The average molecular weight is 261 g/mol. The molecule has 0 saturated heterocycles. The van der Waals surface area contributed by atoms with Crippen LogP contribution in [0.5, 0.6) is 0 Å². The third-order valence-corrected chi connectivity index (χ3v) is 3.05. The summed E-state index contributed by atoms with van der Waals surface area (Å²) in [5.74, 6) is -0.248. The molecule has 0 saturated carbocycles. The van der Waals surface area contributed by atoms with E-state index in [1.54, 1.807) is 0 Å². The lowest BCUT2D eigenvalue weighted by Crippen LogP contribution is -1.79. The van der Waals surface area contributed by atoms with Crippen molar-refractivity contribution < 1.29 is 4.39 Å². The molecule has 0 spiro atoms. The number of aromatic nitrogens is 2. The van der Waals surface area contributed by atoms with Gasteiger partial charge in [-0.15, -0.1) is 11.8 Å². The molecule has 1 N–H and O–H groups in total. The Morgan fingerprint density at radius 1 is 1.54 bits per heavy atom. The molecule has 0 aliphatic carbocycles. The summed E-state index contributed by atoms with van der Waals surface area (Å²) in [5.41, 5.74) is 0.649. The number of hydrogen-bond donors (Lipinski definition) is 1. The van der Waals surface area contributed by atoms with Crippen LogP contribution in [0.3, 0.4) is 0 Å². The SMILES string of the molecule is CSc1cc(F)c2c(Br)[nH]nc2c1. The monoisotopic (exact) mass is 260 g/mol. The van der Waals surface area contributed by atoms with Crippen LogP contribution < -0.4 is 0 Å². The Bertz CT molecular complexity index is 455. The largest absolute Gasteiger partial charge is 0.270 e. The van der Waals surface area contributed by atoms with Crippen LogP contribution in [0.2, 0.25) is 0 Å². The molecule has 2 rings (SSSR count). The summed E-state index contributed by atoms with van der Waals surface area (Å²) in [6.45, 7) is 0. The summed E-state index contributed by atoms with van der Waals surface area (Å²) >= 11 is 4.70. The molecule has 0 fully saturated rings. The number of benzene rings is 1. The van der Waals surface area contributed by atoms with Gasteiger partial charge in [0.15, 0.2) is 0 Å². The van der Waals surface area contributed by atoms with Gasteiger partial charge in [-0.1, -0.05) is 0 Å². The average Bonchev–Trinajstić information content (AvgIpc) is 2.48. The van der Waals surface area contributed by atoms with Gasteiger partial charge in [0, 0.05) is 4.90 Å². The number of halogens is 2. The second kappa shape index (κ2) is 3.31. The molecule has 2 aromatic rings. The highest BCUT2D eigenvalue weighted by Gasteiger charge is 2.09. The highest BCUT2D eigenvalue weighted by Crippen LogP contribution is 2.28. The zero-order chi connectivity index (χ0) is 9.42. The van der Waals surface area contributed by atoms with E-state index in [9.17, 15) is 4.39 Å². The number of rotatable bonds is 1. The van der Waals surface area contributed by atoms with E-state index < -0.39 is 0 Å². The van der Waals surface area contributed by atoms with Crippen molar-refractivity contribution in [2.45, 2.75) is 4.90 Å². The molecule has 1 aromatic heterocycles. The van der Waals surface area contributed by atoms with E-state index in [4.69, 9.17) is 0 Å². The molecule has 0 amide bonds. The van der Waals surface area contributed by atoms with Gasteiger partial charge in [0.1, 0.15) is 10.4 Å². The van der Waals surface area contributed by atoms with Crippen molar-refractivity contribution in [3.8, 4) is 0 Å². The van der Waals surface area contributed by atoms with Gasteiger partial charge in [-0.3, -0.25) is 5.10 Å². The Hall–Kier alpha value is -0.550. The van der Waals surface area contributed by atoms with E-state index in [0.717, 1.165) is 4.90 Å². The molecule has 5 heteroatoms. The first-order valence-electron chi connectivity index (χ1n) is 3.59. The zero-order valence-corrected chi connectivity index (χ0v) is 9.17. The third-order valence-electron chi connectivity index (χ3n) is 1.77. The predicted octanol–water partition coefficient (Wildman–Crippen LogP) is 3.19. The molecular formula is C8H6BrFN2S. The van der Waals surface area contributed by atoms with Crippen LogP contribution >= 0.6 is 27.7 Å². The fraction of sp³-hybridized carbons (Fsp3) is 0.125. The molecule has 0 bridgehead atoms. The van der Waals surface area contributed by atoms with Gasteiger partial charge in [-0.25, -0.2) is 4.39 Å². The Morgan fingerprint density at radius 3 is 3.00 bits per heavy atom. The summed E-state index contributed by atoms with van der Waals surface area (Å²) in [7, 11) is 0. The molecular weight excluding hydrogens is 255 g/mol. The number of fused-ring (bicyclic) bond motifs is 1. The van der Waals surface area contributed by atoms with Crippen LogP contribution in [0.15, 0.2) is 21.6 Å². The fourth-order valence-electron chi connectivity index (χ4n) is 1.16. The summed E-state index contributed by atoms with van der Waals surface area (Å²) in [5, 5.41) is 7.16. The molecule has 68 valence electrons. The zero-order valence-electron chi connectivity index (χ0n) is 6.77. The highest BCUT2D eigenvalue weighted by atomic mass is 79.9. The van der Waals surface area contributed by atoms with Crippen molar-refractivity contribution in [3.05, 3.63) is 22.6 Å². The number of H-pyrrole nitrogens is 1. The highest BCUT2D eigenvalue weighted by molar-refractivity contribution is 9.10. The Labute approximate surface area is 87.0 Å². The van der Waals surface area contributed by atoms with E-state index in [0.29, 0.717) is 15.5 Å². The van der Waals surface area contributed by atoms with Crippen LogP contribution in [-0.2, 0) is 0 Å². The molecule has 2 nitrogen and oxygen atoms in total. The fourth-order valence-corrected chi connectivity index (χ4v) is 2.09. The number of thioether (sulfide) groups is 1. The molecule has 0 aliphatic rings. The molecule has 13 heavy (non-hydrogen) atoms. The molecule has 1 aromatic carbocycles. The van der Waals surface area contributed by atoms with Crippen LogP contribution in [0.4, 0.5) is 4.39 Å². The molecule has 0 radical (unpaired) electrons. The van der Waals surface area contributed by atoms with Gasteiger partial charge < -0.3 is 0 Å².